The second kappa shape index (κ2) is 6.41. The van der Waals surface area contributed by atoms with Gasteiger partial charge in [0.25, 0.3) is 0 Å². The van der Waals surface area contributed by atoms with Gasteiger partial charge in [-0.25, -0.2) is 4.68 Å². The molecule has 1 amide bonds. The molecule has 2 aromatic carbocycles. The molecule has 126 valence electrons. The number of rotatable bonds is 2. The summed E-state index contributed by atoms with van der Waals surface area (Å²) in [6.45, 7) is 4.07. The van der Waals surface area contributed by atoms with Crippen LogP contribution in [0.5, 0.6) is 0 Å². The Hall–Kier alpha value is -2.53. The van der Waals surface area contributed by atoms with Crippen molar-refractivity contribution in [3.63, 3.8) is 0 Å². The Balaban J connectivity index is 1.91. The average molecular weight is 349 g/mol. The van der Waals surface area contributed by atoms with E-state index in [1.807, 2.05) is 41.9 Å². The number of benzene rings is 2. The van der Waals surface area contributed by atoms with Gasteiger partial charge in [-0.15, -0.1) is 11.8 Å². The highest BCUT2D eigenvalue weighted by molar-refractivity contribution is 8.00. The van der Waals surface area contributed by atoms with Crippen LogP contribution in [0.15, 0.2) is 54.6 Å². The molecule has 1 aliphatic heterocycles. The van der Waals surface area contributed by atoms with Crippen LogP contribution in [-0.4, -0.2) is 21.4 Å². The number of hydrogen-bond acceptors (Lipinski definition) is 3. The Kier molecular flexibility index (Phi) is 4.09. The number of hydrogen-bond donors (Lipinski definition) is 1. The van der Waals surface area contributed by atoms with E-state index in [0.717, 1.165) is 28.3 Å². The first kappa shape index (κ1) is 16.0. The van der Waals surface area contributed by atoms with Gasteiger partial charge in [0, 0.05) is 5.56 Å². The van der Waals surface area contributed by atoms with Crippen LogP contribution < -0.4 is 5.32 Å². The van der Waals surface area contributed by atoms with Crippen molar-refractivity contribution in [3.05, 3.63) is 77.0 Å². The summed E-state index contributed by atoms with van der Waals surface area (Å²) in [7, 11) is 0. The molecule has 1 N–H and O–H groups in total. The van der Waals surface area contributed by atoms with E-state index in [2.05, 4.69) is 36.5 Å². The highest BCUT2D eigenvalue weighted by Crippen LogP contribution is 2.43. The molecule has 5 heteroatoms. The first-order valence-corrected chi connectivity index (χ1v) is 9.31. The minimum Gasteiger partial charge on any atom is -0.310 e. The second-order valence-electron chi connectivity index (χ2n) is 6.25. The molecule has 0 spiro atoms. The van der Waals surface area contributed by atoms with Crippen molar-refractivity contribution in [1.82, 2.24) is 9.78 Å². The molecule has 4 rings (SSSR count). The third-order valence-corrected chi connectivity index (χ3v) is 5.63. The Morgan fingerprint density at radius 2 is 1.92 bits per heavy atom. The molecule has 0 bridgehead atoms. The summed E-state index contributed by atoms with van der Waals surface area (Å²) in [5.74, 6) is 1.23. The van der Waals surface area contributed by atoms with Gasteiger partial charge in [0.15, 0.2) is 0 Å². The fourth-order valence-corrected chi connectivity index (χ4v) is 4.41. The van der Waals surface area contributed by atoms with Gasteiger partial charge in [0.2, 0.25) is 5.91 Å². The molecule has 0 fully saturated rings. The summed E-state index contributed by atoms with van der Waals surface area (Å²) in [6, 6.07) is 18.5. The third-order valence-electron chi connectivity index (χ3n) is 4.36. The Bertz CT molecular complexity index is 933. The van der Waals surface area contributed by atoms with Crippen molar-refractivity contribution in [2.45, 2.75) is 19.1 Å². The lowest BCUT2D eigenvalue weighted by Gasteiger charge is -2.15. The van der Waals surface area contributed by atoms with E-state index in [1.165, 1.54) is 5.56 Å². The van der Waals surface area contributed by atoms with Gasteiger partial charge in [0.05, 0.1) is 22.4 Å². The summed E-state index contributed by atoms with van der Waals surface area (Å²) >= 11 is 1.65. The van der Waals surface area contributed by atoms with Crippen LogP contribution >= 0.6 is 11.8 Å². The van der Waals surface area contributed by atoms with Crippen molar-refractivity contribution in [3.8, 4) is 5.69 Å². The number of carbonyl (C=O) groups excluding carboxylic acids is 1. The lowest BCUT2D eigenvalue weighted by Crippen LogP contribution is -2.15. The van der Waals surface area contributed by atoms with Crippen LogP contribution in [0.3, 0.4) is 0 Å². The zero-order chi connectivity index (χ0) is 17.4. The molecular formula is C20H19N3OS. The summed E-state index contributed by atoms with van der Waals surface area (Å²) in [5.41, 5.74) is 5.34. The molecular weight excluding hydrogens is 330 g/mol. The van der Waals surface area contributed by atoms with Gasteiger partial charge in [-0.3, -0.25) is 4.79 Å². The van der Waals surface area contributed by atoms with Crippen molar-refractivity contribution < 1.29 is 4.79 Å². The smallest absolute Gasteiger partial charge is 0.235 e. The van der Waals surface area contributed by atoms with Gasteiger partial charge in [-0.05, 0) is 37.1 Å². The number of nitrogens with zero attached hydrogens (tertiary/aromatic N) is 2. The molecule has 0 saturated heterocycles. The minimum absolute atomic E-state index is 0.0125. The lowest BCUT2D eigenvalue weighted by atomic mass is 10.0. The number of aryl methyl sites for hydroxylation is 2. The van der Waals surface area contributed by atoms with Crippen molar-refractivity contribution in [2.24, 2.45) is 0 Å². The average Bonchev–Trinajstić information content (AvgIpc) is 2.82. The molecule has 1 aliphatic rings. The standard InChI is InChI=1S/C20H19N3OS/c1-13-7-6-10-16(11-13)23-20-18(14(2)22-23)19(25-12-17(24)21-20)15-8-4-3-5-9-15/h3-11,19H,12H2,1-2H3,(H,21,24)/t19-/m1/s1. The van der Waals surface area contributed by atoms with Crippen LogP contribution in [0, 0.1) is 13.8 Å². The molecule has 2 heterocycles. The number of thioether (sulfide) groups is 1. The van der Waals surface area contributed by atoms with Gasteiger partial charge in [0.1, 0.15) is 5.82 Å². The van der Waals surface area contributed by atoms with Crippen molar-refractivity contribution in [1.29, 1.82) is 0 Å². The van der Waals surface area contributed by atoms with E-state index >= 15 is 0 Å². The first-order valence-electron chi connectivity index (χ1n) is 8.26. The summed E-state index contributed by atoms with van der Waals surface area (Å²) in [6.07, 6.45) is 0. The molecule has 0 unspecified atom stereocenters. The zero-order valence-electron chi connectivity index (χ0n) is 14.2. The summed E-state index contributed by atoms with van der Waals surface area (Å²) < 4.78 is 1.86. The Morgan fingerprint density at radius 3 is 2.68 bits per heavy atom. The molecule has 0 saturated carbocycles. The van der Waals surface area contributed by atoms with Gasteiger partial charge in [-0.2, -0.15) is 5.10 Å². The molecule has 1 aromatic heterocycles. The van der Waals surface area contributed by atoms with Crippen molar-refractivity contribution >= 4 is 23.5 Å². The monoisotopic (exact) mass is 349 g/mol. The van der Waals surface area contributed by atoms with Crippen LogP contribution in [0.1, 0.15) is 27.6 Å². The number of nitrogens with one attached hydrogen (secondary N) is 1. The molecule has 0 aliphatic carbocycles. The van der Waals surface area contributed by atoms with Gasteiger partial charge >= 0.3 is 0 Å². The number of fused-ring (bicyclic) bond motifs is 1. The largest absolute Gasteiger partial charge is 0.310 e. The first-order chi connectivity index (χ1) is 12.1. The third kappa shape index (κ3) is 2.96. The molecule has 25 heavy (non-hydrogen) atoms. The summed E-state index contributed by atoms with van der Waals surface area (Å²) in [4.78, 5) is 12.3. The van der Waals surface area contributed by atoms with Gasteiger partial charge in [-0.1, -0.05) is 42.5 Å². The SMILES string of the molecule is Cc1cccc(-n2nc(C)c3c2NC(=O)CS[C@@H]3c2ccccc2)c1. The summed E-state index contributed by atoms with van der Waals surface area (Å²) in [5, 5.41) is 7.91. The van der Waals surface area contributed by atoms with Gasteiger partial charge < -0.3 is 5.32 Å². The topological polar surface area (TPSA) is 46.9 Å². The highest BCUT2D eigenvalue weighted by atomic mass is 32.2. The highest BCUT2D eigenvalue weighted by Gasteiger charge is 2.30. The fraction of sp³-hybridized carbons (Fsp3) is 0.200. The molecule has 3 aromatic rings. The maximum absolute atomic E-state index is 12.3. The normalized spacial score (nSPS) is 16.9. The fourth-order valence-electron chi connectivity index (χ4n) is 3.22. The Labute approximate surface area is 151 Å². The van der Waals surface area contributed by atoms with E-state index in [0.29, 0.717) is 5.75 Å². The Morgan fingerprint density at radius 1 is 1.12 bits per heavy atom. The van der Waals surface area contributed by atoms with Crippen LogP contribution in [0.2, 0.25) is 0 Å². The quantitative estimate of drug-likeness (QED) is 0.752. The predicted molar refractivity (Wildman–Crippen MR) is 102 cm³/mol. The van der Waals surface area contributed by atoms with E-state index < -0.39 is 0 Å². The van der Waals surface area contributed by atoms with E-state index in [9.17, 15) is 4.79 Å². The van der Waals surface area contributed by atoms with E-state index in [1.54, 1.807) is 11.8 Å². The van der Waals surface area contributed by atoms with Crippen LogP contribution in [-0.2, 0) is 4.79 Å². The van der Waals surface area contributed by atoms with E-state index in [-0.39, 0.29) is 11.2 Å². The van der Waals surface area contributed by atoms with E-state index in [4.69, 9.17) is 5.10 Å². The van der Waals surface area contributed by atoms with Crippen LogP contribution in [0.4, 0.5) is 5.82 Å². The second-order valence-corrected chi connectivity index (χ2v) is 7.34. The van der Waals surface area contributed by atoms with Crippen LogP contribution in [0.25, 0.3) is 5.69 Å². The number of amides is 1. The number of aromatic nitrogens is 2. The predicted octanol–water partition coefficient (Wildman–Crippen LogP) is 4.26. The minimum atomic E-state index is 0.0125. The maximum atomic E-state index is 12.3. The molecule has 4 nitrogen and oxygen atoms in total. The lowest BCUT2D eigenvalue weighted by molar-refractivity contribution is -0.113. The molecule has 1 atom stereocenters. The zero-order valence-corrected chi connectivity index (χ0v) is 15.0. The van der Waals surface area contributed by atoms with Crippen molar-refractivity contribution in [2.75, 3.05) is 11.1 Å². The number of anilines is 1. The molecule has 0 radical (unpaired) electrons. The maximum Gasteiger partial charge on any atom is 0.235 e. The number of carbonyl (C=O) groups is 1.